The van der Waals surface area contributed by atoms with E-state index in [1.807, 2.05) is 13.8 Å². The van der Waals surface area contributed by atoms with Gasteiger partial charge in [-0.15, -0.1) is 0 Å². The summed E-state index contributed by atoms with van der Waals surface area (Å²) in [7, 11) is 0. The number of aryl methyl sites for hydroxylation is 1. The van der Waals surface area contributed by atoms with Crippen LogP contribution in [0.2, 0.25) is 0 Å². The third kappa shape index (κ3) is 7.62. The Kier molecular flexibility index (Phi) is 9.66. The highest BCUT2D eigenvalue weighted by atomic mass is 19.1. The molecule has 1 saturated heterocycles. The lowest BCUT2D eigenvalue weighted by atomic mass is 9.95. The maximum absolute atomic E-state index is 13.5. The van der Waals surface area contributed by atoms with Crippen LogP contribution in [0.5, 0.6) is 0 Å². The van der Waals surface area contributed by atoms with Gasteiger partial charge >= 0.3 is 0 Å². The molecule has 0 bridgehead atoms. The smallest absolute Gasteiger partial charge is 0.272 e. The number of hydrogen-bond acceptors (Lipinski definition) is 6. The molecule has 3 heterocycles. The lowest BCUT2D eigenvalue weighted by molar-refractivity contribution is -0.117. The first-order valence-corrected chi connectivity index (χ1v) is 13.6. The minimum atomic E-state index is -0.483. The fourth-order valence-electron chi connectivity index (χ4n) is 4.73. The number of ether oxygens (including phenoxy) is 2. The second kappa shape index (κ2) is 13.1. The molecule has 4 rings (SSSR count). The van der Waals surface area contributed by atoms with Crippen molar-refractivity contribution in [2.75, 3.05) is 32.9 Å². The van der Waals surface area contributed by atoms with Gasteiger partial charge in [-0.3, -0.25) is 9.59 Å². The van der Waals surface area contributed by atoms with E-state index < -0.39 is 16.9 Å². The third-order valence-corrected chi connectivity index (χ3v) is 6.71. The molecule has 1 aromatic carbocycles. The molecule has 9 nitrogen and oxygen atoms in total. The Labute approximate surface area is 226 Å². The molecule has 0 amide bonds. The molecule has 1 unspecified atom stereocenters. The van der Waals surface area contributed by atoms with Crippen molar-refractivity contribution in [3.63, 3.8) is 0 Å². The summed E-state index contributed by atoms with van der Waals surface area (Å²) in [5.74, 6) is 0.516. The van der Waals surface area contributed by atoms with Crippen LogP contribution in [0.3, 0.4) is 0 Å². The van der Waals surface area contributed by atoms with Crippen molar-refractivity contribution >= 4 is 12.2 Å². The van der Waals surface area contributed by atoms with E-state index in [0.29, 0.717) is 37.5 Å². The molecule has 1 fully saturated rings. The molecule has 4 N–H and O–H groups in total. The summed E-state index contributed by atoms with van der Waals surface area (Å²) in [5, 5.41) is 3.57. The zero-order valence-electron chi connectivity index (χ0n) is 22.9. The number of aromatic amines is 3. The normalized spacial score (nSPS) is 18.8. The Hall–Kier alpha value is -3.34. The standard InChI is InChI=1S/C29H38FN5O4/c1-4-12-38-18-29(17-31-11-13-39-29)10-6-9-25-32-22(26(35-25)19(2)3)16-24-28(37)33-23(27(36)34-24)15-20-7-5-8-21(30)14-20/h5,7-8,14-16,19,31H,4,6,9-13,17-18H2,1-3H3,(H,32,35)(H,33,37)(H,34,36)/b23-15-,24-16-. The zero-order chi connectivity index (χ0) is 27.8. The number of H-pyrrole nitrogens is 3. The first kappa shape index (κ1) is 28.7. The van der Waals surface area contributed by atoms with E-state index in [9.17, 15) is 14.0 Å². The molecular formula is C29H38FN5O4. The van der Waals surface area contributed by atoms with E-state index in [-0.39, 0.29) is 22.2 Å². The summed E-state index contributed by atoms with van der Waals surface area (Å²) in [6, 6.07) is 5.79. The summed E-state index contributed by atoms with van der Waals surface area (Å²) in [4.78, 5) is 38.9. The van der Waals surface area contributed by atoms with Crippen LogP contribution in [0.15, 0.2) is 33.9 Å². The summed E-state index contributed by atoms with van der Waals surface area (Å²) < 4.78 is 25.5. The summed E-state index contributed by atoms with van der Waals surface area (Å²) >= 11 is 0. The Balaban J connectivity index is 1.55. The van der Waals surface area contributed by atoms with Gasteiger partial charge < -0.3 is 29.7 Å². The van der Waals surface area contributed by atoms with E-state index in [2.05, 4.69) is 27.2 Å². The Bertz CT molecular complexity index is 1480. The molecule has 0 radical (unpaired) electrons. The number of benzene rings is 1. The molecule has 1 aliphatic rings. The Morgan fingerprint density at radius 1 is 1.15 bits per heavy atom. The average Bonchev–Trinajstić information content (AvgIpc) is 3.30. The van der Waals surface area contributed by atoms with Gasteiger partial charge in [0.15, 0.2) is 0 Å². The first-order valence-electron chi connectivity index (χ1n) is 13.6. The molecule has 1 aliphatic heterocycles. The average molecular weight is 540 g/mol. The third-order valence-electron chi connectivity index (χ3n) is 6.71. The van der Waals surface area contributed by atoms with Gasteiger partial charge in [0.1, 0.15) is 27.9 Å². The molecular weight excluding hydrogens is 501 g/mol. The molecule has 0 spiro atoms. The molecule has 0 saturated carbocycles. The predicted molar refractivity (Wildman–Crippen MR) is 149 cm³/mol. The zero-order valence-corrected chi connectivity index (χ0v) is 22.9. The number of imidazole rings is 1. The van der Waals surface area contributed by atoms with Crippen molar-refractivity contribution in [1.82, 2.24) is 25.3 Å². The maximum atomic E-state index is 13.5. The number of nitrogens with zero attached hydrogens (tertiary/aromatic N) is 1. The molecule has 10 heteroatoms. The largest absolute Gasteiger partial charge is 0.378 e. The first-order chi connectivity index (χ1) is 18.8. The second-order valence-corrected chi connectivity index (χ2v) is 10.3. The number of nitrogens with one attached hydrogen (secondary N) is 4. The van der Waals surface area contributed by atoms with Crippen LogP contribution in [-0.4, -0.2) is 58.4 Å². The van der Waals surface area contributed by atoms with Crippen LogP contribution >= 0.6 is 0 Å². The van der Waals surface area contributed by atoms with E-state index in [0.717, 1.165) is 43.9 Å². The van der Waals surface area contributed by atoms with Gasteiger partial charge in [0.25, 0.3) is 11.1 Å². The van der Waals surface area contributed by atoms with Crippen LogP contribution in [0.4, 0.5) is 4.39 Å². The van der Waals surface area contributed by atoms with Gasteiger partial charge in [-0.25, -0.2) is 9.37 Å². The fourth-order valence-corrected chi connectivity index (χ4v) is 4.73. The van der Waals surface area contributed by atoms with E-state index in [1.165, 1.54) is 24.3 Å². The van der Waals surface area contributed by atoms with Crippen LogP contribution in [0, 0.1) is 5.82 Å². The number of aromatic nitrogens is 4. The topological polar surface area (TPSA) is 125 Å². The fraction of sp³-hybridized carbons (Fsp3) is 0.483. The minimum Gasteiger partial charge on any atom is -0.378 e. The molecule has 39 heavy (non-hydrogen) atoms. The van der Waals surface area contributed by atoms with Gasteiger partial charge in [0.2, 0.25) is 0 Å². The van der Waals surface area contributed by atoms with Gasteiger partial charge in [-0.2, -0.15) is 0 Å². The van der Waals surface area contributed by atoms with Crippen LogP contribution in [0.25, 0.3) is 12.2 Å². The van der Waals surface area contributed by atoms with E-state index in [1.54, 1.807) is 12.1 Å². The lowest BCUT2D eigenvalue weighted by Crippen LogP contribution is -2.52. The summed E-state index contributed by atoms with van der Waals surface area (Å²) in [6.45, 7) is 9.71. The van der Waals surface area contributed by atoms with Crippen molar-refractivity contribution in [2.45, 2.75) is 58.0 Å². The van der Waals surface area contributed by atoms with Crippen molar-refractivity contribution in [2.24, 2.45) is 0 Å². The van der Waals surface area contributed by atoms with Crippen LogP contribution in [-0.2, 0) is 15.9 Å². The monoisotopic (exact) mass is 539 g/mol. The molecule has 2 aromatic heterocycles. The van der Waals surface area contributed by atoms with Gasteiger partial charge in [0, 0.05) is 31.8 Å². The highest BCUT2D eigenvalue weighted by Gasteiger charge is 2.33. The van der Waals surface area contributed by atoms with E-state index in [4.69, 9.17) is 14.5 Å². The Morgan fingerprint density at radius 3 is 2.59 bits per heavy atom. The van der Waals surface area contributed by atoms with Crippen molar-refractivity contribution in [3.05, 3.63) is 84.3 Å². The molecule has 1 atom stereocenters. The number of rotatable bonds is 11. The number of morpholine rings is 1. The second-order valence-electron chi connectivity index (χ2n) is 10.3. The minimum absolute atomic E-state index is 0.0471. The highest BCUT2D eigenvalue weighted by Crippen LogP contribution is 2.23. The van der Waals surface area contributed by atoms with Crippen LogP contribution in [0.1, 0.15) is 68.7 Å². The van der Waals surface area contributed by atoms with Crippen molar-refractivity contribution in [3.8, 4) is 0 Å². The van der Waals surface area contributed by atoms with Crippen LogP contribution < -0.4 is 27.1 Å². The van der Waals surface area contributed by atoms with Gasteiger partial charge in [0.05, 0.1) is 18.9 Å². The highest BCUT2D eigenvalue weighted by molar-refractivity contribution is 5.49. The predicted octanol–water partition coefficient (Wildman–Crippen LogP) is 1.81. The number of hydrogen-bond donors (Lipinski definition) is 4. The SMILES string of the molecule is CCCOCC1(CCCc2nc(/C=c3\[nH]c(=O)/c(=C/c4cccc(F)c4)[nH]c3=O)c(C(C)C)[nH]2)CNCCO1. The molecule has 3 aromatic rings. The van der Waals surface area contributed by atoms with E-state index >= 15 is 0 Å². The van der Waals surface area contributed by atoms with Crippen molar-refractivity contribution < 1.29 is 13.9 Å². The molecule has 210 valence electrons. The number of halogens is 1. The van der Waals surface area contributed by atoms with Gasteiger partial charge in [-0.1, -0.05) is 32.9 Å². The van der Waals surface area contributed by atoms with Crippen molar-refractivity contribution in [1.29, 1.82) is 0 Å². The summed E-state index contributed by atoms with van der Waals surface area (Å²) in [5.41, 5.74) is 0.681. The maximum Gasteiger partial charge on any atom is 0.272 e. The Morgan fingerprint density at radius 2 is 1.92 bits per heavy atom. The summed E-state index contributed by atoms with van der Waals surface area (Å²) in [6.07, 6.45) is 6.39. The van der Waals surface area contributed by atoms with Gasteiger partial charge in [-0.05, 0) is 55.0 Å². The molecule has 0 aliphatic carbocycles. The quantitative estimate of drug-likeness (QED) is 0.276. The lowest BCUT2D eigenvalue weighted by Gasteiger charge is -2.37.